The van der Waals surface area contributed by atoms with Crippen molar-refractivity contribution in [3.8, 4) is 0 Å². The average Bonchev–Trinajstić information content (AvgIpc) is 2.94. The lowest BCUT2D eigenvalue weighted by Crippen LogP contribution is -2.05. The molecule has 1 unspecified atom stereocenters. The zero-order valence-electron chi connectivity index (χ0n) is 9.96. The molecule has 0 aliphatic rings. The molecule has 0 aliphatic heterocycles. The predicted molar refractivity (Wildman–Crippen MR) is 77.1 cm³/mol. The average molecular weight is 275 g/mol. The summed E-state index contributed by atoms with van der Waals surface area (Å²) in [5.41, 5.74) is 7.85. The van der Waals surface area contributed by atoms with Crippen molar-refractivity contribution in [3.05, 3.63) is 45.4 Å². The van der Waals surface area contributed by atoms with E-state index in [1.807, 2.05) is 30.5 Å². The summed E-state index contributed by atoms with van der Waals surface area (Å²) < 4.78 is 1.23. The molecule has 0 bridgehead atoms. The van der Waals surface area contributed by atoms with Gasteiger partial charge in [0.2, 0.25) is 0 Å². The second-order valence-corrected chi connectivity index (χ2v) is 6.26. The molecule has 0 spiro atoms. The summed E-state index contributed by atoms with van der Waals surface area (Å²) in [5, 5.41) is 4.23. The molecular weight excluding hydrogens is 262 g/mol. The van der Waals surface area contributed by atoms with Gasteiger partial charge in [0, 0.05) is 11.4 Å². The normalized spacial score (nSPS) is 13.0. The van der Waals surface area contributed by atoms with Gasteiger partial charge in [0.25, 0.3) is 0 Å². The molecule has 18 heavy (non-hydrogen) atoms. The molecule has 3 aromatic rings. The highest BCUT2D eigenvalue weighted by molar-refractivity contribution is 7.18. The number of rotatable bonds is 3. The molecule has 3 nitrogen and oxygen atoms in total. The van der Waals surface area contributed by atoms with Gasteiger partial charge in [-0.05, 0) is 19.1 Å². The molecule has 2 N–H and O–H groups in total. The van der Waals surface area contributed by atoms with E-state index in [1.54, 1.807) is 22.7 Å². The van der Waals surface area contributed by atoms with Crippen LogP contribution in [0.1, 0.15) is 28.7 Å². The van der Waals surface area contributed by atoms with Gasteiger partial charge in [0.1, 0.15) is 5.01 Å². The van der Waals surface area contributed by atoms with Gasteiger partial charge in [0.05, 0.1) is 27.3 Å². The van der Waals surface area contributed by atoms with Crippen LogP contribution in [-0.2, 0) is 6.42 Å². The second kappa shape index (κ2) is 4.76. The van der Waals surface area contributed by atoms with E-state index in [4.69, 9.17) is 5.73 Å². The minimum atomic E-state index is 0.00497. The Morgan fingerprint density at radius 1 is 1.22 bits per heavy atom. The first-order chi connectivity index (χ1) is 8.72. The van der Waals surface area contributed by atoms with E-state index < -0.39 is 0 Å². The van der Waals surface area contributed by atoms with Crippen LogP contribution in [0.4, 0.5) is 0 Å². The monoisotopic (exact) mass is 275 g/mol. The third-order valence-electron chi connectivity index (χ3n) is 2.68. The summed E-state index contributed by atoms with van der Waals surface area (Å²) in [6.45, 7) is 1.95. The highest BCUT2D eigenvalue weighted by Crippen LogP contribution is 2.25. The molecule has 2 aromatic heterocycles. The van der Waals surface area contributed by atoms with E-state index in [-0.39, 0.29) is 6.04 Å². The number of thiazole rings is 2. The number of benzene rings is 1. The van der Waals surface area contributed by atoms with E-state index in [1.165, 1.54) is 4.70 Å². The molecule has 0 radical (unpaired) electrons. The van der Waals surface area contributed by atoms with Gasteiger partial charge in [0.15, 0.2) is 0 Å². The fraction of sp³-hybridized carbons (Fsp3) is 0.231. The van der Waals surface area contributed by atoms with Crippen LogP contribution in [-0.4, -0.2) is 9.97 Å². The Balaban J connectivity index is 1.86. The Morgan fingerprint density at radius 2 is 2.06 bits per heavy atom. The fourth-order valence-corrected chi connectivity index (χ4v) is 3.71. The van der Waals surface area contributed by atoms with E-state index in [0.29, 0.717) is 0 Å². The van der Waals surface area contributed by atoms with E-state index in [0.717, 1.165) is 27.6 Å². The van der Waals surface area contributed by atoms with Crippen LogP contribution in [0, 0.1) is 0 Å². The largest absolute Gasteiger partial charge is 0.323 e. The van der Waals surface area contributed by atoms with Gasteiger partial charge in [-0.25, -0.2) is 9.97 Å². The van der Waals surface area contributed by atoms with E-state index in [9.17, 15) is 0 Å². The number of aromatic nitrogens is 2. The van der Waals surface area contributed by atoms with E-state index >= 15 is 0 Å². The molecule has 2 heterocycles. The Morgan fingerprint density at radius 3 is 2.78 bits per heavy atom. The van der Waals surface area contributed by atoms with Crippen LogP contribution in [0.5, 0.6) is 0 Å². The van der Waals surface area contributed by atoms with Gasteiger partial charge in [-0.3, -0.25) is 0 Å². The lowest BCUT2D eigenvalue weighted by atomic mass is 10.3. The van der Waals surface area contributed by atoms with Crippen LogP contribution in [0.2, 0.25) is 0 Å². The summed E-state index contributed by atoms with van der Waals surface area (Å²) in [7, 11) is 0. The Kier molecular flexibility index (Phi) is 3.11. The molecule has 92 valence electrons. The second-order valence-electron chi connectivity index (χ2n) is 4.21. The highest BCUT2D eigenvalue weighted by Gasteiger charge is 2.09. The zero-order chi connectivity index (χ0) is 12.5. The number of hydrogen-bond donors (Lipinski definition) is 1. The Bertz CT molecular complexity index is 636. The number of fused-ring (bicyclic) bond motifs is 1. The smallest absolute Gasteiger partial charge is 0.101 e. The molecular formula is C13H13N3S2. The number of hydrogen-bond acceptors (Lipinski definition) is 5. The maximum atomic E-state index is 5.81. The van der Waals surface area contributed by atoms with Crippen LogP contribution in [0.3, 0.4) is 0 Å². The zero-order valence-corrected chi connectivity index (χ0v) is 11.6. The third-order valence-corrected chi connectivity index (χ3v) is 4.58. The number of para-hydroxylation sites is 1. The van der Waals surface area contributed by atoms with Crippen LogP contribution in [0.15, 0.2) is 29.6 Å². The van der Waals surface area contributed by atoms with Gasteiger partial charge in [-0.1, -0.05) is 12.1 Å². The van der Waals surface area contributed by atoms with Gasteiger partial charge < -0.3 is 5.73 Å². The molecule has 1 atom stereocenters. The quantitative estimate of drug-likeness (QED) is 0.797. The van der Waals surface area contributed by atoms with Gasteiger partial charge in [-0.2, -0.15) is 0 Å². The minimum Gasteiger partial charge on any atom is -0.323 e. The molecule has 0 saturated carbocycles. The molecule has 5 heteroatoms. The first kappa shape index (κ1) is 11.8. The number of nitrogens with two attached hydrogens (primary N) is 1. The SMILES string of the molecule is CC(N)c1csc(Cc2nc3ccccc3s2)n1. The fourth-order valence-electron chi connectivity index (χ4n) is 1.74. The molecule has 0 saturated heterocycles. The first-order valence-corrected chi connectivity index (χ1v) is 7.46. The standard InChI is InChI=1S/C13H13N3S2/c1-8(14)10-7-17-12(16-10)6-13-15-9-4-2-3-5-11(9)18-13/h2-5,7-8H,6,14H2,1H3. The molecule has 0 fully saturated rings. The third kappa shape index (κ3) is 2.29. The molecule has 3 rings (SSSR count). The van der Waals surface area contributed by atoms with Crippen molar-refractivity contribution < 1.29 is 0 Å². The van der Waals surface area contributed by atoms with Crippen molar-refractivity contribution in [2.45, 2.75) is 19.4 Å². The topological polar surface area (TPSA) is 51.8 Å². The van der Waals surface area contributed by atoms with Crippen molar-refractivity contribution in [2.75, 3.05) is 0 Å². The lowest BCUT2D eigenvalue weighted by Gasteiger charge is -1.97. The summed E-state index contributed by atoms with van der Waals surface area (Å²) >= 11 is 3.39. The summed E-state index contributed by atoms with van der Waals surface area (Å²) in [5.74, 6) is 0. The van der Waals surface area contributed by atoms with Crippen LogP contribution >= 0.6 is 22.7 Å². The van der Waals surface area contributed by atoms with Crippen molar-refractivity contribution in [1.29, 1.82) is 0 Å². The van der Waals surface area contributed by atoms with Gasteiger partial charge >= 0.3 is 0 Å². The van der Waals surface area contributed by atoms with Crippen molar-refractivity contribution >= 4 is 32.9 Å². The van der Waals surface area contributed by atoms with Crippen molar-refractivity contribution in [3.63, 3.8) is 0 Å². The summed E-state index contributed by atoms with van der Waals surface area (Å²) in [4.78, 5) is 9.15. The maximum absolute atomic E-state index is 5.81. The molecule has 0 amide bonds. The van der Waals surface area contributed by atoms with Crippen molar-refractivity contribution in [1.82, 2.24) is 9.97 Å². The van der Waals surface area contributed by atoms with E-state index in [2.05, 4.69) is 16.0 Å². The maximum Gasteiger partial charge on any atom is 0.101 e. The first-order valence-electron chi connectivity index (χ1n) is 5.76. The minimum absolute atomic E-state index is 0.00497. The highest BCUT2D eigenvalue weighted by atomic mass is 32.1. The number of nitrogens with zero attached hydrogens (tertiary/aromatic N) is 2. The van der Waals surface area contributed by atoms with Gasteiger partial charge in [-0.15, -0.1) is 22.7 Å². The van der Waals surface area contributed by atoms with Crippen LogP contribution in [0.25, 0.3) is 10.2 Å². The molecule has 0 aliphatic carbocycles. The summed E-state index contributed by atoms with van der Waals surface area (Å²) in [6, 6.07) is 8.21. The summed E-state index contributed by atoms with van der Waals surface area (Å²) in [6.07, 6.45) is 0.802. The predicted octanol–water partition coefficient (Wildman–Crippen LogP) is 3.36. The molecule has 1 aromatic carbocycles. The Hall–Kier alpha value is -1.30. The Labute approximate surface area is 113 Å². The lowest BCUT2D eigenvalue weighted by molar-refractivity contribution is 0.783. The van der Waals surface area contributed by atoms with Crippen molar-refractivity contribution in [2.24, 2.45) is 5.73 Å². The van der Waals surface area contributed by atoms with Crippen LogP contribution < -0.4 is 5.73 Å².